The van der Waals surface area contributed by atoms with Gasteiger partial charge in [0.1, 0.15) is 0 Å². The third kappa shape index (κ3) is 3.12. The molecule has 0 aromatic heterocycles. The molecule has 0 aliphatic heterocycles. The van der Waals surface area contributed by atoms with Crippen LogP contribution in [0, 0.1) is 23.4 Å². The Hall–Kier alpha value is -1.56. The maximum absolute atomic E-state index is 13.1. The average Bonchev–Trinajstić information content (AvgIpc) is 2.95. The van der Waals surface area contributed by atoms with Crippen molar-refractivity contribution in [2.24, 2.45) is 11.7 Å². The normalized spacial score (nSPS) is 17.2. The summed E-state index contributed by atoms with van der Waals surface area (Å²) >= 11 is 0. The smallest absolute Gasteiger partial charge is 0.251 e. The first-order valence-corrected chi connectivity index (χ1v) is 6.68. The van der Waals surface area contributed by atoms with Crippen molar-refractivity contribution in [3.8, 4) is 0 Å². The van der Waals surface area contributed by atoms with Gasteiger partial charge in [-0.1, -0.05) is 12.8 Å². The van der Waals surface area contributed by atoms with E-state index in [-0.39, 0.29) is 18.2 Å². The van der Waals surface area contributed by atoms with Gasteiger partial charge in [-0.15, -0.1) is 0 Å². The summed E-state index contributed by atoms with van der Waals surface area (Å²) in [6.45, 7) is 0.266. The van der Waals surface area contributed by atoms with Gasteiger partial charge < -0.3 is 11.1 Å². The lowest BCUT2D eigenvalue weighted by atomic mass is 9.98. The van der Waals surface area contributed by atoms with Gasteiger partial charge >= 0.3 is 0 Å². The van der Waals surface area contributed by atoms with E-state index in [9.17, 15) is 18.0 Å². The third-order valence-electron chi connectivity index (χ3n) is 3.79. The minimum Gasteiger partial charge on any atom is -0.348 e. The Balaban J connectivity index is 2.10. The van der Waals surface area contributed by atoms with E-state index >= 15 is 0 Å². The molecule has 1 atom stereocenters. The lowest BCUT2D eigenvalue weighted by Crippen LogP contribution is -2.44. The van der Waals surface area contributed by atoms with Crippen molar-refractivity contribution < 1.29 is 18.0 Å². The third-order valence-corrected chi connectivity index (χ3v) is 3.79. The van der Waals surface area contributed by atoms with Crippen LogP contribution < -0.4 is 11.1 Å². The van der Waals surface area contributed by atoms with Crippen molar-refractivity contribution in [1.29, 1.82) is 0 Å². The number of hydrogen-bond donors (Lipinski definition) is 2. The molecule has 1 aliphatic rings. The minimum atomic E-state index is -1.58. The Bertz CT molecular complexity index is 478. The number of amides is 1. The van der Waals surface area contributed by atoms with Crippen LogP contribution in [-0.4, -0.2) is 18.5 Å². The number of nitrogens with one attached hydrogen (secondary N) is 1. The maximum Gasteiger partial charge on any atom is 0.251 e. The van der Waals surface area contributed by atoms with E-state index in [0.29, 0.717) is 18.1 Å². The van der Waals surface area contributed by atoms with Crippen molar-refractivity contribution >= 4 is 5.91 Å². The molecular formula is C14H17F3N2O. The summed E-state index contributed by atoms with van der Waals surface area (Å²) in [5, 5.41) is 2.68. The van der Waals surface area contributed by atoms with Crippen LogP contribution >= 0.6 is 0 Å². The lowest BCUT2D eigenvalue weighted by Gasteiger charge is -2.23. The molecule has 0 heterocycles. The average molecular weight is 286 g/mol. The Kier molecular flexibility index (Phi) is 4.65. The zero-order valence-corrected chi connectivity index (χ0v) is 11.0. The second-order valence-electron chi connectivity index (χ2n) is 5.11. The number of carbonyl (C=O) groups is 1. The van der Waals surface area contributed by atoms with Gasteiger partial charge in [0.2, 0.25) is 0 Å². The highest BCUT2D eigenvalue weighted by atomic mass is 19.2. The van der Waals surface area contributed by atoms with Crippen LogP contribution in [-0.2, 0) is 0 Å². The van der Waals surface area contributed by atoms with Gasteiger partial charge in [0.15, 0.2) is 17.5 Å². The van der Waals surface area contributed by atoms with Gasteiger partial charge in [-0.25, -0.2) is 13.2 Å². The van der Waals surface area contributed by atoms with E-state index in [4.69, 9.17) is 5.73 Å². The van der Waals surface area contributed by atoms with Crippen LogP contribution in [0.5, 0.6) is 0 Å². The lowest BCUT2D eigenvalue weighted by molar-refractivity contribution is 0.0923. The van der Waals surface area contributed by atoms with Gasteiger partial charge in [0.05, 0.1) is 0 Å². The number of nitrogens with two attached hydrogens (primary N) is 1. The SMILES string of the molecule is NCC(NC(=O)c1cc(F)c(F)c(F)c1)C1CCCC1. The summed E-state index contributed by atoms with van der Waals surface area (Å²) in [5.74, 6) is -4.67. The number of hydrogen-bond acceptors (Lipinski definition) is 2. The molecule has 1 aliphatic carbocycles. The van der Waals surface area contributed by atoms with Gasteiger partial charge in [0.25, 0.3) is 5.91 Å². The molecule has 0 spiro atoms. The number of rotatable bonds is 4. The molecule has 3 N–H and O–H groups in total. The topological polar surface area (TPSA) is 55.1 Å². The molecule has 1 aromatic rings. The molecule has 1 amide bonds. The molecule has 1 unspecified atom stereocenters. The standard InChI is InChI=1S/C14H17F3N2O/c15-10-5-9(6-11(16)13(10)17)14(20)19-12(7-18)8-3-1-2-4-8/h5-6,8,12H,1-4,7,18H2,(H,19,20). The van der Waals surface area contributed by atoms with E-state index in [1.54, 1.807) is 0 Å². The monoisotopic (exact) mass is 286 g/mol. The second kappa shape index (κ2) is 6.26. The molecule has 0 bridgehead atoms. The molecule has 1 saturated carbocycles. The van der Waals surface area contributed by atoms with E-state index < -0.39 is 23.4 Å². The number of benzene rings is 1. The van der Waals surface area contributed by atoms with Crippen molar-refractivity contribution in [2.75, 3.05) is 6.54 Å². The molecule has 1 aromatic carbocycles. The summed E-state index contributed by atoms with van der Waals surface area (Å²) in [4.78, 5) is 12.0. The van der Waals surface area contributed by atoms with Gasteiger partial charge in [-0.05, 0) is 30.9 Å². The predicted octanol–water partition coefficient (Wildman–Crippen LogP) is 2.35. The van der Waals surface area contributed by atoms with Crippen LogP contribution in [0.15, 0.2) is 12.1 Å². The molecule has 6 heteroatoms. The van der Waals surface area contributed by atoms with Gasteiger partial charge in [-0.2, -0.15) is 0 Å². The van der Waals surface area contributed by atoms with E-state index in [1.165, 1.54) is 0 Å². The first-order valence-electron chi connectivity index (χ1n) is 6.68. The summed E-state index contributed by atoms with van der Waals surface area (Å²) in [5.41, 5.74) is 5.40. The summed E-state index contributed by atoms with van der Waals surface area (Å²) in [6.07, 6.45) is 4.15. The molecule has 20 heavy (non-hydrogen) atoms. The minimum absolute atomic E-state index is 0.221. The van der Waals surface area contributed by atoms with Crippen molar-refractivity contribution in [2.45, 2.75) is 31.7 Å². The van der Waals surface area contributed by atoms with Crippen molar-refractivity contribution in [3.05, 3.63) is 35.1 Å². The first-order chi connectivity index (χ1) is 9.52. The molecule has 110 valence electrons. The molecule has 2 rings (SSSR count). The van der Waals surface area contributed by atoms with Crippen molar-refractivity contribution in [3.63, 3.8) is 0 Å². The predicted molar refractivity (Wildman–Crippen MR) is 68.6 cm³/mol. The summed E-state index contributed by atoms with van der Waals surface area (Å²) in [6, 6.07) is 1.16. The highest BCUT2D eigenvalue weighted by molar-refractivity contribution is 5.94. The van der Waals surface area contributed by atoms with Crippen LogP contribution in [0.2, 0.25) is 0 Å². The van der Waals surface area contributed by atoms with E-state index in [1.807, 2.05) is 0 Å². The van der Waals surface area contributed by atoms with Crippen LogP contribution in [0.4, 0.5) is 13.2 Å². The van der Waals surface area contributed by atoms with E-state index in [2.05, 4.69) is 5.32 Å². The molecular weight excluding hydrogens is 269 g/mol. The van der Waals surface area contributed by atoms with Crippen LogP contribution in [0.1, 0.15) is 36.0 Å². The quantitative estimate of drug-likeness (QED) is 0.835. The Labute approximate surface area is 115 Å². The van der Waals surface area contributed by atoms with Gasteiger partial charge in [0, 0.05) is 18.2 Å². The molecule has 1 fully saturated rings. The largest absolute Gasteiger partial charge is 0.348 e. The fourth-order valence-corrected chi connectivity index (χ4v) is 2.67. The fraction of sp³-hybridized carbons (Fsp3) is 0.500. The Morgan fingerprint density at radius 3 is 2.30 bits per heavy atom. The van der Waals surface area contributed by atoms with Crippen molar-refractivity contribution in [1.82, 2.24) is 5.32 Å². The number of halogens is 3. The summed E-state index contributed by atoms with van der Waals surface area (Å²) < 4.78 is 39.0. The zero-order chi connectivity index (χ0) is 14.7. The highest BCUT2D eigenvalue weighted by Crippen LogP contribution is 2.27. The Morgan fingerprint density at radius 2 is 1.80 bits per heavy atom. The number of carbonyl (C=O) groups excluding carboxylic acids is 1. The Morgan fingerprint density at radius 1 is 1.25 bits per heavy atom. The second-order valence-corrected chi connectivity index (χ2v) is 5.11. The van der Waals surface area contributed by atoms with Crippen LogP contribution in [0.3, 0.4) is 0 Å². The zero-order valence-electron chi connectivity index (χ0n) is 11.0. The van der Waals surface area contributed by atoms with E-state index in [0.717, 1.165) is 25.7 Å². The molecule has 3 nitrogen and oxygen atoms in total. The highest BCUT2D eigenvalue weighted by Gasteiger charge is 2.26. The molecule has 0 saturated heterocycles. The van der Waals surface area contributed by atoms with Crippen LogP contribution in [0.25, 0.3) is 0 Å². The fourth-order valence-electron chi connectivity index (χ4n) is 2.67. The maximum atomic E-state index is 13.1. The molecule has 0 radical (unpaired) electrons. The van der Waals surface area contributed by atoms with Gasteiger partial charge in [-0.3, -0.25) is 4.79 Å². The summed E-state index contributed by atoms with van der Waals surface area (Å²) in [7, 11) is 0. The first kappa shape index (κ1) is 14.8.